The normalized spacial score (nSPS) is 14.3. The number of carbonyl (C=O) groups excluding carboxylic acids is 1. The van der Waals surface area contributed by atoms with Crippen LogP contribution in [0.4, 0.5) is 5.69 Å². The molecule has 32 heavy (non-hydrogen) atoms. The minimum atomic E-state index is -0.386. The van der Waals surface area contributed by atoms with Gasteiger partial charge in [0.15, 0.2) is 0 Å². The van der Waals surface area contributed by atoms with E-state index in [2.05, 4.69) is 11.4 Å². The van der Waals surface area contributed by atoms with E-state index in [9.17, 15) is 9.59 Å². The van der Waals surface area contributed by atoms with Gasteiger partial charge in [-0.25, -0.2) is 0 Å². The molecule has 0 aliphatic carbocycles. The summed E-state index contributed by atoms with van der Waals surface area (Å²) in [4.78, 5) is 25.8. The van der Waals surface area contributed by atoms with Crippen molar-refractivity contribution in [1.29, 1.82) is 0 Å². The topological polar surface area (TPSA) is 60.3 Å². The number of thioether (sulfide) groups is 1. The molecule has 0 spiro atoms. The summed E-state index contributed by atoms with van der Waals surface area (Å²) in [5.74, 6) is 0.506. The number of carbonyl (C=O) groups is 1. The lowest BCUT2D eigenvalue weighted by Gasteiger charge is -2.21. The van der Waals surface area contributed by atoms with Crippen LogP contribution in [0.25, 0.3) is 0 Å². The van der Waals surface area contributed by atoms with E-state index < -0.39 is 0 Å². The Balaban J connectivity index is 1.43. The monoisotopic (exact) mass is 448 g/mol. The van der Waals surface area contributed by atoms with Gasteiger partial charge in [-0.2, -0.15) is 11.8 Å². The third-order valence-corrected chi connectivity index (χ3v) is 6.98. The highest BCUT2D eigenvalue weighted by Gasteiger charge is 2.15. The SMILES string of the molecule is Cc1cccc(Cn2cccc(C(=O)Nc3cccc(CSC4CCOCC4)c3)c2=O)c1. The zero-order chi connectivity index (χ0) is 22.3. The van der Waals surface area contributed by atoms with Gasteiger partial charge in [-0.15, -0.1) is 0 Å². The maximum absolute atomic E-state index is 12.9. The van der Waals surface area contributed by atoms with Gasteiger partial charge < -0.3 is 14.6 Å². The van der Waals surface area contributed by atoms with Gasteiger partial charge in [-0.1, -0.05) is 42.0 Å². The van der Waals surface area contributed by atoms with Crippen LogP contribution < -0.4 is 10.9 Å². The zero-order valence-electron chi connectivity index (χ0n) is 18.3. The molecule has 3 aromatic rings. The van der Waals surface area contributed by atoms with Crippen LogP contribution >= 0.6 is 11.8 Å². The first-order valence-corrected chi connectivity index (χ1v) is 12.0. The van der Waals surface area contributed by atoms with E-state index in [1.54, 1.807) is 22.9 Å². The number of benzene rings is 2. The van der Waals surface area contributed by atoms with Crippen LogP contribution in [0.1, 0.15) is 39.9 Å². The highest BCUT2D eigenvalue weighted by molar-refractivity contribution is 7.99. The van der Waals surface area contributed by atoms with Gasteiger partial charge >= 0.3 is 0 Å². The molecule has 4 rings (SSSR count). The average Bonchev–Trinajstić information content (AvgIpc) is 2.80. The zero-order valence-corrected chi connectivity index (χ0v) is 19.1. The highest BCUT2D eigenvalue weighted by atomic mass is 32.2. The molecule has 0 radical (unpaired) electrons. The molecule has 0 bridgehead atoms. The van der Waals surface area contributed by atoms with Crippen molar-refractivity contribution < 1.29 is 9.53 Å². The van der Waals surface area contributed by atoms with Crippen molar-refractivity contribution in [3.8, 4) is 0 Å². The fraction of sp³-hybridized carbons (Fsp3) is 0.308. The molecule has 0 unspecified atom stereocenters. The van der Waals surface area contributed by atoms with E-state index in [0.29, 0.717) is 17.5 Å². The van der Waals surface area contributed by atoms with Gasteiger partial charge in [0, 0.05) is 36.1 Å². The fourth-order valence-electron chi connectivity index (χ4n) is 3.84. The van der Waals surface area contributed by atoms with Crippen molar-refractivity contribution in [2.45, 2.75) is 37.3 Å². The fourth-order valence-corrected chi connectivity index (χ4v) is 4.97. The number of anilines is 1. The Morgan fingerprint density at radius 1 is 1.06 bits per heavy atom. The molecular weight excluding hydrogens is 420 g/mol. The molecule has 1 amide bonds. The number of pyridine rings is 1. The van der Waals surface area contributed by atoms with E-state index in [1.807, 2.05) is 61.2 Å². The summed E-state index contributed by atoms with van der Waals surface area (Å²) in [6.07, 6.45) is 3.89. The Kier molecular flexibility index (Phi) is 7.45. The second-order valence-electron chi connectivity index (χ2n) is 8.12. The number of aromatic nitrogens is 1. The van der Waals surface area contributed by atoms with Gasteiger partial charge in [-0.05, 0) is 55.2 Å². The minimum absolute atomic E-state index is 0.141. The first kappa shape index (κ1) is 22.4. The van der Waals surface area contributed by atoms with Gasteiger partial charge in [0.2, 0.25) is 0 Å². The summed E-state index contributed by atoms with van der Waals surface area (Å²) >= 11 is 1.93. The predicted octanol–water partition coefficient (Wildman–Crippen LogP) is 4.87. The molecule has 1 aromatic heterocycles. The Hall–Kier alpha value is -2.83. The molecule has 1 aliphatic rings. The van der Waals surface area contributed by atoms with Crippen LogP contribution in [-0.4, -0.2) is 28.9 Å². The Morgan fingerprint density at radius 3 is 2.66 bits per heavy atom. The Labute approximate surface area is 192 Å². The first-order valence-electron chi connectivity index (χ1n) is 10.9. The lowest BCUT2D eigenvalue weighted by atomic mass is 10.1. The van der Waals surface area contributed by atoms with Crippen molar-refractivity contribution in [2.75, 3.05) is 18.5 Å². The van der Waals surface area contributed by atoms with E-state index in [4.69, 9.17) is 4.74 Å². The summed E-state index contributed by atoms with van der Waals surface area (Å²) in [5, 5.41) is 3.52. The molecular formula is C26H28N2O3S. The lowest BCUT2D eigenvalue weighted by Crippen LogP contribution is -2.29. The second-order valence-corrected chi connectivity index (χ2v) is 9.41. The predicted molar refractivity (Wildman–Crippen MR) is 131 cm³/mol. The molecule has 2 heterocycles. The number of ether oxygens (including phenoxy) is 1. The van der Waals surface area contributed by atoms with Gasteiger partial charge in [0.25, 0.3) is 11.5 Å². The molecule has 0 atom stereocenters. The van der Waals surface area contributed by atoms with Crippen molar-refractivity contribution in [1.82, 2.24) is 4.57 Å². The maximum atomic E-state index is 12.9. The molecule has 0 saturated carbocycles. The van der Waals surface area contributed by atoms with E-state index in [1.165, 1.54) is 0 Å². The largest absolute Gasteiger partial charge is 0.381 e. The maximum Gasteiger partial charge on any atom is 0.263 e. The summed E-state index contributed by atoms with van der Waals surface area (Å²) in [6.45, 7) is 4.13. The number of hydrogen-bond acceptors (Lipinski definition) is 4. The standard InChI is InChI=1S/C26H28N2O3S/c1-19-5-2-6-20(15-19)17-28-12-4-9-24(26(28)30)25(29)27-22-8-3-7-21(16-22)18-32-23-10-13-31-14-11-23/h2-9,12,15-16,23H,10-11,13-14,17-18H2,1H3,(H,27,29). The van der Waals surface area contributed by atoms with Crippen LogP contribution in [0.3, 0.4) is 0 Å². The number of nitrogens with one attached hydrogen (secondary N) is 1. The van der Waals surface area contributed by atoms with Crippen LogP contribution in [0.15, 0.2) is 71.7 Å². The molecule has 1 aliphatic heterocycles. The van der Waals surface area contributed by atoms with Gasteiger partial charge in [-0.3, -0.25) is 9.59 Å². The van der Waals surface area contributed by atoms with Crippen LogP contribution in [0.5, 0.6) is 0 Å². The van der Waals surface area contributed by atoms with Crippen molar-refractivity contribution in [2.24, 2.45) is 0 Å². The van der Waals surface area contributed by atoms with Gasteiger partial charge in [0.1, 0.15) is 5.56 Å². The smallest absolute Gasteiger partial charge is 0.263 e. The van der Waals surface area contributed by atoms with Crippen LogP contribution in [0.2, 0.25) is 0 Å². The first-order chi connectivity index (χ1) is 15.6. The molecule has 1 fully saturated rings. The summed E-state index contributed by atoms with van der Waals surface area (Å²) in [7, 11) is 0. The van der Waals surface area contributed by atoms with Gasteiger partial charge in [0.05, 0.1) is 6.54 Å². The van der Waals surface area contributed by atoms with Crippen molar-refractivity contribution in [3.05, 3.63) is 99.5 Å². The summed E-state index contributed by atoms with van der Waals surface area (Å²) in [5.41, 5.74) is 3.87. The number of hydrogen-bond donors (Lipinski definition) is 1. The molecule has 1 N–H and O–H groups in total. The van der Waals surface area contributed by atoms with Crippen molar-refractivity contribution in [3.63, 3.8) is 0 Å². The summed E-state index contributed by atoms with van der Waals surface area (Å²) in [6, 6.07) is 19.2. The molecule has 2 aromatic carbocycles. The highest BCUT2D eigenvalue weighted by Crippen LogP contribution is 2.26. The van der Waals surface area contributed by atoms with Crippen LogP contribution in [0, 0.1) is 6.92 Å². The molecule has 1 saturated heterocycles. The third kappa shape index (κ3) is 5.90. The van der Waals surface area contributed by atoms with E-state index in [0.717, 1.165) is 48.5 Å². The molecule has 5 nitrogen and oxygen atoms in total. The minimum Gasteiger partial charge on any atom is -0.381 e. The number of aryl methyl sites for hydroxylation is 1. The quantitative estimate of drug-likeness (QED) is 0.560. The second kappa shape index (κ2) is 10.7. The average molecular weight is 449 g/mol. The summed E-state index contributed by atoms with van der Waals surface area (Å²) < 4.78 is 7.00. The number of amides is 1. The Morgan fingerprint density at radius 2 is 1.84 bits per heavy atom. The van der Waals surface area contributed by atoms with Crippen LogP contribution in [-0.2, 0) is 17.0 Å². The third-order valence-electron chi connectivity index (χ3n) is 5.54. The Bertz CT molecular complexity index is 1140. The van der Waals surface area contributed by atoms with Crippen molar-refractivity contribution >= 4 is 23.4 Å². The molecule has 6 heteroatoms. The number of rotatable bonds is 7. The molecule has 166 valence electrons. The van der Waals surface area contributed by atoms with E-state index >= 15 is 0 Å². The lowest BCUT2D eigenvalue weighted by molar-refractivity contribution is 0.0999. The number of nitrogens with zero attached hydrogens (tertiary/aromatic N) is 1. The van der Waals surface area contributed by atoms with E-state index in [-0.39, 0.29) is 17.0 Å².